The van der Waals surface area contributed by atoms with Gasteiger partial charge in [-0.1, -0.05) is 54.6 Å². The Kier molecular flexibility index (Phi) is 4.75. The Hall–Kier alpha value is -3.33. The van der Waals surface area contributed by atoms with Crippen LogP contribution < -0.4 is 5.73 Å². The molecule has 0 radical (unpaired) electrons. The summed E-state index contributed by atoms with van der Waals surface area (Å²) in [7, 11) is 0. The Labute approximate surface area is 171 Å². The van der Waals surface area contributed by atoms with E-state index in [2.05, 4.69) is 24.3 Å². The fourth-order valence-electron chi connectivity index (χ4n) is 3.71. The molecule has 29 heavy (non-hydrogen) atoms. The number of carbonyl (C=O) groups is 1. The number of esters is 1. The van der Waals surface area contributed by atoms with Crippen LogP contribution >= 0.6 is 0 Å². The van der Waals surface area contributed by atoms with Crippen LogP contribution in [0, 0.1) is 0 Å². The average Bonchev–Trinajstić information content (AvgIpc) is 2.68. The van der Waals surface area contributed by atoms with Crippen LogP contribution in [-0.4, -0.2) is 11.6 Å². The maximum absolute atomic E-state index is 13.0. The highest BCUT2D eigenvalue weighted by Gasteiger charge is 2.22. The molecule has 0 unspecified atom stereocenters. The smallest absolute Gasteiger partial charge is 0.338 e. The van der Waals surface area contributed by atoms with Gasteiger partial charge >= 0.3 is 5.97 Å². The van der Waals surface area contributed by atoms with Crippen molar-refractivity contribution in [3.8, 4) is 0 Å². The Morgan fingerprint density at radius 3 is 2.24 bits per heavy atom. The number of rotatable bonds is 3. The van der Waals surface area contributed by atoms with Crippen molar-refractivity contribution in [1.29, 1.82) is 0 Å². The lowest BCUT2D eigenvalue weighted by molar-refractivity contribution is 0.00687. The first-order valence-corrected chi connectivity index (χ1v) is 9.83. The van der Waals surface area contributed by atoms with Gasteiger partial charge in [0.05, 0.1) is 5.56 Å². The number of hydrogen-bond donors (Lipinski definition) is 1. The molecule has 2 N–H and O–H groups in total. The van der Waals surface area contributed by atoms with Crippen molar-refractivity contribution >= 4 is 33.2 Å². The number of fused-ring (bicyclic) bond motifs is 3. The van der Waals surface area contributed by atoms with Gasteiger partial charge in [0.25, 0.3) is 0 Å². The molecule has 0 saturated heterocycles. The van der Waals surface area contributed by atoms with E-state index in [-0.39, 0.29) is 5.97 Å². The molecule has 146 valence electrons. The van der Waals surface area contributed by atoms with E-state index >= 15 is 0 Å². The summed E-state index contributed by atoms with van der Waals surface area (Å²) in [6.07, 6.45) is 0.630. The minimum Gasteiger partial charge on any atom is -0.456 e. The Balaban J connectivity index is 1.92. The maximum Gasteiger partial charge on any atom is 0.338 e. The van der Waals surface area contributed by atoms with Crippen molar-refractivity contribution < 1.29 is 9.53 Å². The number of ether oxygens (including phenoxy) is 1. The minimum atomic E-state index is -0.548. The first-order chi connectivity index (χ1) is 13.8. The van der Waals surface area contributed by atoms with Gasteiger partial charge in [-0.2, -0.15) is 0 Å². The molecule has 0 aliphatic carbocycles. The molecule has 0 bridgehead atoms. The first kappa shape index (κ1) is 19.0. The molecule has 0 aliphatic heterocycles. The zero-order valence-electron chi connectivity index (χ0n) is 17.0. The van der Waals surface area contributed by atoms with E-state index in [1.54, 1.807) is 0 Å². The Morgan fingerprint density at radius 2 is 1.52 bits per heavy atom. The van der Waals surface area contributed by atoms with Gasteiger partial charge in [0.15, 0.2) is 0 Å². The predicted molar refractivity (Wildman–Crippen MR) is 120 cm³/mol. The lowest BCUT2D eigenvalue weighted by atomic mass is 9.91. The molecular formula is C26H25NO2. The van der Waals surface area contributed by atoms with E-state index in [1.165, 1.54) is 10.8 Å². The number of hydrogen-bond acceptors (Lipinski definition) is 3. The second-order valence-corrected chi connectivity index (χ2v) is 8.39. The van der Waals surface area contributed by atoms with E-state index in [0.29, 0.717) is 12.0 Å². The quantitative estimate of drug-likeness (QED) is 0.263. The summed E-state index contributed by atoms with van der Waals surface area (Å²) in [5, 5.41) is 4.58. The molecule has 0 atom stereocenters. The van der Waals surface area contributed by atoms with Gasteiger partial charge in [0.1, 0.15) is 5.60 Å². The van der Waals surface area contributed by atoms with Crippen LogP contribution in [-0.2, 0) is 11.2 Å². The van der Waals surface area contributed by atoms with Gasteiger partial charge < -0.3 is 10.5 Å². The van der Waals surface area contributed by atoms with E-state index in [9.17, 15) is 4.79 Å². The fourth-order valence-corrected chi connectivity index (χ4v) is 3.71. The highest BCUT2D eigenvalue weighted by Crippen LogP contribution is 2.32. The SMILES string of the molecule is CC(C)(C)OC(=O)c1ccc2c(ccc3ccccc32)c1Cc1ccc(N)cc1. The lowest BCUT2D eigenvalue weighted by Crippen LogP contribution is -2.24. The second-order valence-electron chi connectivity index (χ2n) is 8.39. The van der Waals surface area contributed by atoms with Gasteiger partial charge in [-0.25, -0.2) is 4.79 Å². The number of carbonyl (C=O) groups excluding carboxylic acids is 1. The summed E-state index contributed by atoms with van der Waals surface area (Å²) in [6, 6.07) is 24.3. The van der Waals surface area contributed by atoms with E-state index in [0.717, 1.165) is 27.6 Å². The Morgan fingerprint density at radius 1 is 0.828 bits per heavy atom. The molecule has 0 spiro atoms. The summed E-state index contributed by atoms with van der Waals surface area (Å²) in [5.41, 5.74) is 8.72. The van der Waals surface area contributed by atoms with Crippen LogP contribution in [0.1, 0.15) is 42.3 Å². The molecular weight excluding hydrogens is 358 g/mol. The zero-order chi connectivity index (χ0) is 20.6. The largest absolute Gasteiger partial charge is 0.456 e. The van der Waals surface area contributed by atoms with Gasteiger partial charge in [-0.05, 0) is 78.1 Å². The van der Waals surface area contributed by atoms with Crippen molar-refractivity contribution in [2.45, 2.75) is 32.8 Å². The number of anilines is 1. The molecule has 4 rings (SSSR count). The van der Waals surface area contributed by atoms with Crippen LogP contribution in [0.2, 0.25) is 0 Å². The third-order valence-electron chi connectivity index (χ3n) is 5.02. The van der Waals surface area contributed by atoms with Crippen LogP contribution in [0.5, 0.6) is 0 Å². The summed E-state index contributed by atoms with van der Waals surface area (Å²) in [4.78, 5) is 13.0. The first-order valence-electron chi connectivity index (χ1n) is 9.83. The average molecular weight is 383 g/mol. The fraction of sp³-hybridized carbons (Fsp3) is 0.192. The minimum absolute atomic E-state index is 0.294. The van der Waals surface area contributed by atoms with Crippen molar-refractivity contribution in [3.63, 3.8) is 0 Å². The zero-order valence-corrected chi connectivity index (χ0v) is 17.0. The molecule has 4 aromatic rings. The van der Waals surface area contributed by atoms with Gasteiger partial charge in [-0.15, -0.1) is 0 Å². The lowest BCUT2D eigenvalue weighted by Gasteiger charge is -2.21. The van der Waals surface area contributed by atoms with E-state index < -0.39 is 5.60 Å². The molecule has 0 fully saturated rings. The number of nitrogen functional groups attached to an aromatic ring is 1. The summed E-state index contributed by atoms with van der Waals surface area (Å²) in [5.74, 6) is -0.294. The number of nitrogens with two attached hydrogens (primary N) is 1. The monoisotopic (exact) mass is 383 g/mol. The molecule has 0 saturated carbocycles. The maximum atomic E-state index is 13.0. The second kappa shape index (κ2) is 7.25. The highest BCUT2D eigenvalue weighted by molar-refractivity contribution is 6.11. The molecule has 0 amide bonds. The van der Waals surface area contributed by atoms with E-state index in [4.69, 9.17) is 10.5 Å². The molecule has 3 nitrogen and oxygen atoms in total. The van der Waals surface area contributed by atoms with Crippen molar-refractivity contribution in [2.75, 3.05) is 5.73 Å². The van der Waals surface area contributed by atoms with Crippen LogP contribution in [0.15, 0.2) is 72.8 Å². The number of benzene rings is 4. The summed E-state index contributed by atoms with van der Waals surface area (Å²) >= 11 is 0. The normalized spacial score (nSPS) is 11.7. The molecule has 0 aliphatic rings. The van der Waals surface area contributed by atoms with Crippen LogP contribution in [0.25, 0.3) is 21.5 Å². The van der Waals surface area contributed by atoms with Crippen molar-refractivity contribution in [1.82, 2.24) is 0 Å². The van der Waals surface area contributed by atoms with Crippen molar-refractivity contribution in [3.05, 3.63) is 89.5 Å². The van der Waals surface area contributed by atoms with Gasteiger partial charge in [0.2, 0.25) is 0 Å². The predicted octanol–water partition coefficient (Wildman–Crippen LogP) is 6.12. The molecule has 0 heterocycles. The van der Waals surface area contributed by atoms with Crippen LogP contribution in [0.4, 0.5) is 5.69 Å². The van der Waals surface area contributed by atoms with Crippen molar-refractivity contribution in [2.24, 2.45) is 0 Å². The Bertz CT molecular complexity index is 1200. The summed E-state index contributed by atoms with van der Waals surface area (Å²) < 4.78 is 5.70. The van der Waals surface area contributed by atoms with E-state index in [1.807, 2.05) is 69.3 Å². The molecule has 4 aromatic carbocycles. The standard InChI is InChI=1S/C26H25NO2/c1-26(2,3)29-25(28)23-15-14-21-20-7-5-4-6-18(20)10-13-22(21)24(23)16-17-8-11-19(27)12-9-17/h4-15H,16,27H2,1-3H3. The topological polar surface area (TPSA) is 52.3 Å². The van der Waals surface area contributed by atoms with Gasteiger partial charge in [0, 0.05) is 5.69 Å². The molecule has 0 aromatic heterocycles. The highest BCUT2D eigenvalue weighted by atomic mass is 16.6. The third kappa shape index (κ3) is 3.95. The summed E-state index contributed by atoms with van der Waals surface area (Å²) in [6.45, 7) is 5.66. The van der Waals surface area contributed by atoms with Crippen LogP contribution in [0.3, 0.4) is 0 Å². The third-order valence-corrected chi connectivity index (χ3v) is 5.02. The van der Waals surface area contributed by atoms with Gasteiger partial charge in [-0.3, -0.25) is 0 Å². The molecule has 3 heteroatoms.